The number of carbonyl (C=O) groups is 2. The van der Waals surface area contributed by atoms with E-state index in [0.29, 0.717) is 5.69 Å². The molecule has 1 heterocycles. The van der Waals surface area contributed by atoms with E-state index in [4.69, 9.17) is 0 Å². The maximum absolute atomic E-state index is 13.2. The van der Waals surface area contributed by atoms with Gasteiger partial charge in [-0.15, -0.1) is 0 Å². The van der Waals surface area contributed by atoms with E-state index in [1.165, 1.54) is 27.2 Å². The molecule has 2 amide bonds. The van der Waals surface area contributed by atoms with Crippen molar-refractivity contribution in [2.45, 2.75) is 13.8 Å². The molecule has 5 rings (SSSR count). The third-order valence-electron chi connectivity index (χ3n) is 6.35. The summed E-state index contributed by atoms with van der Waals surface area (Å²) in [6.45, 7) is 4.20. The molecule has 2 aromatic rings. The summed E-state index contributed by atoms with van der Waals surface area (Å²) in [5.41, 5.74) is 5.54. The second kappa shape index (κ2) is 5.78. The predicted molar refractivity (Wildman–Crippen MR) is 106 cm³/mol. The molecule has 0 spiro atoms. The van der Waals surface area contributed by atoms with Crippen molar-refractivity contribution in [1.82, 2.24) is 0 Å². The van der Waals surface area contributed by atoms with Crippen LogP contribution in [0.1, 0.15) is 18.1 Å². The van der Waals surface area contributed by atoms with Crippen LogP contribution in [-0.4, -0.2) is 11.8 Å². The highest BCUT2D eigenvalue weighted by molar-refractivity contribution is 6.23. The van der Waals surface area contributed by atoms with Crippen LogP contribution in [0.3, 0.4) is 0 Å². The lowest BCUT2D eigenvalue weighted by atomic mass is 9.85. The number of hydrogen-bond donors (Lipinski definition) is 0. The van der Waals surface area contributed by atoms with Gasteiger partial charge in [0, 0.05) is 11.8 Å². The summed E-state index contributed by atoms with van der Waals surface area (Å²) in [6.07, 6.45) is 4.27. The maximum Gasteiger partial charge on any atom is 0.238 e. The second-order valence-corrected chi connectivity index (χ2v) is 7.78. The van der Waals surface area contributed by atoms with Crippen LogP contribution in [0.5, 0.6) is 0 Å². The molecular formula is C24H21NO2. The molecule has 1 saturated heterocycles. The number of anilines is 1. The first-order valence-corrected chi connectivity index (χ1v) is 9.47. The van der Waals surface area contributed by atoms with E-state index in [1.54, 1.807) is 0 Å². The Morgan fingerprint density at radius 1 is 0.815 bits per heavy atom. The fourth-order valence-electron chi connectivity index (χ4n) is 5.06. The Kier molecular flexibility index (Phi) is 3.48. The van der Waals surface area contributed by atoms with E-state index >= 15 is 0 Å². The Morgan fingerprint density at radius 3 is 1.93 bits per heavy atom. The van der Waals surface area contributed by atoms with Crippen molar-refractivity contribution in [1.29, 1.82) is 0 Å². The molecule has 0 aromatic heterocycles. The highest BCUT2D eigenvalue weighted by atomic mass is 16.2. The van der Waals surface area contributed by atoms with Gasteiger partial charge in [-0.1, -0.05) is 65.8 Å². The van der Waals surface area contributed by atoms with Gasteiger partial charge in [-0.25, -0.2) is 4.90 Å². The average molecular weight is 355 g/mol. The van der Waals surface area contributed by atoms with Crippen LogP contribution >= 0.6 is 0 Å². The maximum atomic E-state index is 13.2. The van der Waals surface area contributed by atoms with E-state index < -0.39 is 0 Å². The van der Waals surface area contributed by atoms with Crippen molar-refractivity contribution >= 4 is 23.1 Å². The van der Waals surface area contributed by atoms with Crippen LogP contribution < -0.4 is 4.90 Å². The molecular weight excluding hydrogens is 334 g/mol. The number of imide groups is 1. The molecule has 1 saturated carbocycles. The molecule has 134 valence electrons. The van der Waals surface area contributed by atoms with Gasteiger partial charge < -0.3 is 0 Å². The molecule has 2 aliphatic carbocycles. The van der Waals surface area contributed by atoms with E-state index in [1.807, 2.05) is 30.3 Å². The van der Waals surface area contributed by atoms with Crippen molar-refractivity contribution in [3.8, 4) is 0 Å². The van der Waals surface area contributed by atoms with Crippen LogP contribution in [-0.2, 0) is 9.59 Å². The van der Waals surface area contributed by atoms with Gasteiger partial charge in [0.15, 0.2) is 0 Å². The minimum Gasteiger partial charge on any atom is -0.274 e. The molecule has 0 unspecified atom stereocenters. The quantitative estimate of drug-likeness (QED) is 0.592. The lowest BCUT2D eigenvalue weighted by Gasteiger charge is -2.20. The fourth-order valence-corrected chi connectivity index (χ4v) is 5.06. The van der Waals surface area contributed by atoms with Crippen molar-refractivity contribution in [2.24, 2.45) is 23.7 Å². The summed E-state index contributed by atoms with van der Waals surface area (Å²) in [4.78, 5) is 27.8. The number of allylic oxidation sites excluding steroid dienone is 4. The van der Waals surface area contributed by atoms with E-state index in [-0.39, 0.29) is 35.5 Å². The first-order chi connectivity index (χ1) is 13.1. The topological polar surface area (TPSA) is 37.4 Å². The van der Waals surface area contributed by atoms with Crippen molar-refractivity contribution < 1.29 is 9.59 Å². The van der Waals surface area contributed by atoms with E-state index in [2.05, 4.69) is 50.3 Å². The molecule has 3 nitrogen and oxygen atoms in total. The normalized spacial score (nSPS) is 30.2. The number of fused-ring (bicyclic) bond motifs is 5. The molecule has 4 atom stereocenters. The van der Waals surface area contributed by atoms with Crippen LogP contribution in [0, 0.1) is 30.6 Å². The number of amides is 2. The molecule has 3 heteroatoms. The number of nitrogens with zero attached hydrogens (tertiary/aromatic N) is 1. The highest BCUT2D eigenvalue weighted by Crippen LogP contribution is 2.58. The largest absolute Gasteiger partial charge is 0.274 e. The van der Waals surface area contributed by atoms with Gasteiger partial charge in [0.25, 0.3) is 0 Å². The Labute approximate surface area is 159 Å². The molecule has 0 N–H and O–H groups in total. The lowest BCUT2D eigenvalue weighted by Crippen LogP contribution is -2.33. The standard InChI is InChI=1S/C24H21NO2/c1-14-8-10-16(11-9-14)15(2)20-18-12-13-19(20)22-21(18)23(26)25(24(22)27)17-6-4-3-5-7-17/h3-13,18-19,21-22H,1-2H3/t18-,19+,21-,22+. The molecule has 27 heavy (non-hydrogen) atoms. The number of benzene rings is 2. The van der Waals surface area contributed by atoms with E-state index in [9.17, 15) is 9.59 Å². The van der Waals surface area contributed by atoms with Crippen molar-refractivity contribution in [3.63, 3.8) is 0 Å². The van der Waals surface area contributed by atoms with Crippen LogP contribution in [0.15, 0.2) is 72.3 Å². The second-order valence-electron chi connectivity index (χ2n) is 7.78. The van der Waals surface area contributed by atoms with Crippen LogP contribution in [0.4, 0.5) is 5.69 Å². The average Bonchev–Trinajstić information content (AvgIpc) is 3.32. The van der Waals surface area contributed by atoms with Gasteiger partial charge in [0.2, 0.25) is 11.8 Å². The van der Waals surface area contributed by atoms with Crippen molar-refractivity contribution in [3.05, 3.63) is 83.4 Å². The minimum absolute atomic E-state index is 0.0338. The Balaban J connectivity index is 1.55. The first kappa shape index (κ1) is 16.2. The molecule has 1 aliphatic heterocycles. The Hall–Kier alpha value is -2.94. The fraction of sp³-hybridized carbons (Fsp3) is 0.250. The number of rotatable bonds is 2. The molecule has 2 aromatic carbocycles. The van der Waals surface area contributed by atoms with Crippen molar-refractivity contribution in [2.75, 3.05) is 4.90 Å². The van der Waals surface area contributed by atoms with Gasteiger partial charge in [-0.3, -0.25) is 9.59 Å². The number of aryl methyl sites for hydroxylation is 1. The zero-order valence-corrected chi connectivity index (χ0v) is 15.4. The smallest absolute Gasteiger partial charge is 0.238 e. The van der Waals surface area contributed by atoms with Crippen LogP contribution in [0.2, 0.25) is 0 Å². The predicted octanol–water partition coefficient (Wildman–Crippen LogP) is 4.39. The molecule has 0 radical (unpaired) electrons. The van der Waals surface area contributed by atoms with Gasteiger partial charge >= 0.3 is 0 Å². The zero-order chi connectivity index (χ0) is 18.7. The van der Waals surface area contributed by atoms with Gasteiger partial charge in [0.1, 0.15) is 0 Å². The zero-order valence-electron chi connectivity index (χ0n) is 15.4. The first-order valence-electron chi connectivity index (χ1n) is 9.47. The van der Waals surface area contributed by atoms with Crippen LogP contribution in [0.25, 0.3) is 5.57 Å². The van der Waals surface area contributed by atoms with Gasteiger partial charge in [-0.05, 0) is 37.1 Å². The SMILES string of the molecule is CC(=C1[C@H]2C=C[C@@H]1[C@@H]1C(=O)N(c3ccccc3)C(=O)[C@@H]12)c1ccc(C)cc1. The van der Waals surface area contributed by atoms with E-state index in [0.717, 1.165) is 0 Å². The van der Waals surface area contributed by atoms with Gasteiger partial charge in [-0.2, -0.15) is 0 Å². The third-order valence-corrected chi connectivity index (χ3v) is 6.35. The highest BCUT2D eigenvalue weighted by Gasteiger charge is 2.62. The summed E-state index contributed by atoms with van der Waals surface area (Å²) >= 11 is 0. The molecule has 2 bridgehead atoms. The number of para-hydroxylation sites is 1. The lowest BCUT2D eigenvalue weighted by molar-refractivity contribution is -0.122. The molecule has 2 fully saturated rings. The summed E-state index contributed by atoms with van der Waals surface area (Å²) in [6, 6.07) is 17.8. The summed E-state index contributed by atoms with van der Waals surface area (Å²) in [5, 5.41) is 0. The third kappa shape index (κ3) is 2.21. The minimum atomic E-state index is -0.261. The number of hydrogen-bond acceptors (Lipinski definition) is 2. The Morgan fingerprint density at radius 2 is 1.37 bits per heavy atom. The van der Waals surface area contributed by atoms with Gasteiger partial charge in [0.05, 0.1) is 17.5 Å². The monoisotopic (exact) mass is 355 g/mol. The summed E-state index contributed by atoms with van der Waals surface area (Å²) in [5.74, 6) is -0.561. The summed E-state index contributed by atoms with van der Waals surface area (Å²) in [7, 11) is 0. The number of carbonyl (C=O) groups excluding carboxylic acids is 2. The Bertz CT molecular complexity index is 966. The molecule has 3 aliphatic rings. The summed E-state index contributed by atoms with van der Waals surface area (Å²) < 4.78 is 0.